The Hall–Kier alpha value is -1.22. The van der Waals surface area contributed by atoms with Gasteiger partial charge in [-0.3, -0.25) is 0 Å². The number of hydrogen-bond donors (Lipinski definition) is 0. The summed E-state index contributed by atoms with van der Waals surface area (Å²) >= 11 is 5.08. The van der Waals surface area contributed by atoms with Gasteiger partial charge < -0.3 is 9.47 Å². The summed E-state index contributed by atoms with van der Waals surface area (Å²) in [7, 11) is 1.63. The van der Waals surface area contributed by atoms with Crippen LogP contribution in [0.5, 0.6) is 5.75 Å². The molecule has 0 saturated carbocycles. The molecule has 1 aromatic rings. The molecule has 15 heavy (non-hydrogen) atoms. The molecule has 0 amide bonds. The van der Waals surface area contributed by atoms with Gasteiger partial charge in [-0.15, -0.1) is 0 Å². The van der Waals surface area contributed by atoms with Crippen LogP contribution >= 0.6 is 11.6 Å². The molecular formula is C11H13ClO3. The van der Waals surface area contributed by atoms with Gasteiger partial charge >= 0.3 is 5.43 Å². The second-order valence-corrected chi connectivity index (χ2v) is 3.60. The van der Waals surface area contributed by atoms with Crippen molar-refractivity contribution < 1.29 is 14.3 Å². The molecule has 0 aliphatic heterocycles. The van der Waals surface area contributed by atoms with Crippen LogP contribution < -0.4 is 4.74 Å². The second kappa shape index (κ2) is 5.03. The molecule has 0 aliphatic rings. The smallest absolute Gasteiger partial charge is 0.404 e. The van der Waals surface area contributed by atoms with Gasteiger partial charge in [0.1, 0.15) is 12.4 Å². The maximum absolute atomic E-state index is 10.4. The minimum absolute atomic E-state index is 0.188. The van der Waals surface area contributed by atoms with Crippen LogP contribution in [0.2, 0.25) is 0 Å². The Morgan fingerprint density at radius 3 is 2.27 bits per heavy atom. The van der Waals surface area contributed by atoms with Crippen LogP contribution in [-0.2, 0) is 11.3 Å². The van der Waals surface area contributed by atoms with Crippen molar-refractivity contribution in [2.24, 2.45) is 0 Å². The van der Waals surface area contributed by atoms with E-state index in [2.05, 4.69) is 0 Å². The van der Waals surface area contributed by atoms with Crippen LogP contribution in [0.15, 0.2) is 12.1 Å². The molecule has 0 saturated heterocycles. The van der Waals surface area contributed by atoms with Crippen molar-refractivity contribution >= 4 is 17.0 Å². The van der Waals surface area contributed by atoms with Gasteiger partial charge in [-0.05, 0) is 42.7 Å². The van der Waals surface area contributed by atoms with Crippen molar-refractivity contribution in [1.29, 1.82) is 0 Å². The van der Waals surface area contributed by atoms with E-state index in [1.807, 2.05) is 26.0 Å². The number of carbonyl (C=O) groups excluding carboxylic acids is 1. The molecule has 4 heteroatoms. The fourth-order valence-electron chi connectivity index (χ4n) is 1.59. The minimum atomic E-state index is -0.791. The predicted octanol–water partition coefficient (Wildman–Crippen LogP) is 3.19. The quantitative estimate of drug-likeness (QED) is 0.746. The standard InChI is InChI=1S/C11H13ClO3/c1-7-4-9(6-15-11(12)13)5-8(2)10(7)14-3/h4-5H,6H2,1-3H3. The number of carbonyl (C=O) groups is 1. The summed E-state index contributed by atoms with van der Waals surface area (Å²) in [5.74, 6) is 0.857. The highest BCUT2D eigenvalue weighted by atomic mass is 35.5. The highest BCUT2D eigenvalue weighted by Crippen LogP contribution is 2.24. The Morgan fingerprint density at radius 1 is 1.33 bits per heavy atom. The molecule has 0 unspecified atom stereocenters. The molecule has 0 N–H and O–H groups in total. The molecule has 1 rings (SSSR count). The zero-order valence-corrected chi connectivity index (χ0v) is 9.72. The lowest BCUT2D eigenvalue weighted by molar-refractivity contribution is 0.167. The Bertz CT molecular complexity index is 351. The van der Waals surface area contributed by atoms with E-state index < -0.39 is 5.43 Å². The Labute approximate surface area is 93.9 Å². The second-order valence-electron chi connectivity index (χ2n) is 3.29. The van der Waals surface area contributed by atoms with Crippen LogP contribution in [0, 0.1) is 13.8 Å². The lowest BCUT2D eigenvalue weighted by atomic mass is 10.1. The number of hydrogen-bond acceptors (Lipinski definition) is 3. The molecule has 0 radical (unpaired) electrons. The molecule has 3 nitrogen and oxygen atoms in total. The zero-order valence-electron chi connectivity index (χ0n) is 8.96. The first-order valence-electron chi connectivity index (χ1n) is 4.51. The third kappa shape index (κ3) is 3.13. The van der Waals surface area contributed by atoms with E-state index >= 15 is 0 Å². The van der Waals surface area contributed by atoms with Crippen molar-refractivity contribution in [1.82, 2.24) is 0 Å². The third-order valence-corrected chi connectivity index (χ3v) is 2.19. The first kappa shape index (κ1) is 11.9. The SMILES string of the molecule is COc1c(C)cc(COC(=O)Cl)cc1C. The normalized spacial score (nSPS) is 9.87. The summed E-state index contributed by atoms with van der Waals surface area (Å²) in [6, 6.07) is 3.82. The van der Waals surface area contributed by atoms with E-state index in [4.69, 9.17) is 21.1 Å². The van der Waals surface area contributed by atoms with Crippen molar-refractivity contribution in [3.63, 3.8) is 0 Å². The fourth-order valence-corrected chi connectivity index (χ4v) is 1.64. The van der Waals surface area contributed by atoms with Crippen LogP contribution in [0.1, 0.15) is 16.7 Å². The highest BCUT2D eigenvalue weighted by Gasteiger charge is 2.06. The third-order valence-electron chi connectivity index (χ3n) is 2.08. The van der Waals surface area contributed by atoms with Crippen molar-refractivity contribution in [2.75, 3.05) is 7.11 Å². The van der Waals surface area contributed by atoms with E-state index in [9.17, 15) is 4.79 Å². The van der Waals surface area contributed by atoms with Gasteiger partial charge in [0, 0.05) is 11.6 Å². The summed E-state index contributed by atoms with van der Waals surface area (Å²) in [5.41, 5.74) is 2.14. The van der Waals surface area contributed by atoms with Crippen LogP contribution in [0.25, 0.3) is 0 Å². The summed E-state index contributed by atoms with van der Waals surface area (Å²) < 4.78 is 9.92. The number of rotatable bonds is 3. The van der Waals surface area contributed by atoms with Gasteiger partial charge in [0.25, 0.3) is 0 Å². The Morgan fingerprint density at radius 2 is 1.87 bits per heavy atom. The van der Waals surface area contributed by atoms with E-state index in [1.54, 1.807) is 7.11 Å². The van der Waals surface area contributed by atoms with Gasteiger partial charge in [0.2, 0.25) is 0 Å². The Balaban J connectivity index is 2.88. The number of benzene rings is 1. The maximum Gasteiger partial charge on any atom is 0.404 e. The molecule has 0 spiro atoms. The summed E-state index contributed by atoms with van der Waals surface area (Å²) in [6.07, 6.45) is 0. The number of aryl methyl sites for hydroxylation is 2. The number of methoxy groups -OCH3 is 1. The minimum Gasteiger partial charge on any atom is -0.496 e. The van der Waals surface area contributed by atoms with E-state index in [1.165, 1.54) is 0 Å². The molecule has 0 bridgehead atoms. The number of halogens is 1. The molecule has 0 heterocycles. The fraction of sp³-hybridized carbons (Fsp3) is 0.364. The van der Waals surface area contributed by atoms with Crippen LogP contribution in [0.3, 0.4) is 0 Å². The van der Waals surface area contributed by atoms with Crippen molar-refractivity contribution in [3.05, 3.63) is 28.8 Å². The zero-order chi connectivity index (χ0) is 11.4. The number of ether oxygens (including phenoxy) is 2. The molecule has 82 valence electrons. The van der Waals surface area contributed by atoms with Gasteiger partial charge in [-0.1, -0.05) is 0 Å². The van der Waals surface area contributed by atoms with Crippen LogP contribution in [-0.4, -0.2) is 12.5 Å². The van der Waals surface area contributed by atoms with Crippen molar-refractivity contribution in [2.45, 2.75) is 20.5 Å². The van der Waals surface area contributed by atoms with Gasteiger partial charge in [0.15, 0.2) is 0 Å². The molecule has 0 aromatic heterocycles. The summed E-state index contributed by atoms with van der Waals surface area (Å²) in [6.45, 7) is 4.07. The first-order valence-corrected chi connectivity index (χ1v) is 4.88. The summed E-state index contributed by atoms with van der Waals surface area (Å²) in [4.78, 5) is 10.4. The van der Waals surface area contributed by atoms with Gasteiger partial charge in [-0.2, -0.15) is 0 Å². The molecule has 0 aliphatic carbocycles. The molecular weight excluding hydrogens is 216 g/mol. The maximum atomic E-state index is 10.4. The lowest BCUT2D eigenvalue weighted by Gasteiger charge is -2.10. The van der Waals surface area contributed by atoms with E-state index in [0.29, 0.717) is 0 Å². The molecule has 0 atom stereocenters. The van der Waals surface area contributed by atoms with Gasteiger partial charge in [-0.25, -0.2) is 4.79 Å². The van der Waals surface area contributed by atoms with Gasteiger partial charge in [0.05, 0.1) is 7.11 Å². The average molecular weight is 229 g/mol. The van der Waals surface area contributed by atoms with Crippen LogP contribution in [0.4, 0.5) is 4.79 Å². The summed E-state index contributed by atoms with van der Waals surface area (Å²) in [5, 5.41) is 0. The highest BCUT2D eigenvalue weighted by molar-refractivity contribution is 6.61. The van der Waals surface area contributed by atoms with Crippen molar-refractivity contribution in [3.8, 4) is 5.75 Å². The van der Waals surface area contributed by atoms with E-state index in [0.717, 1.165) is 22.4 Å². The Kier molecular flexibility index (Phi) is 3.97. The monoisotopic (exact) mass is 228 g/mol. The van der Waals surface area contributed by atoms with E-state index in [-0.39, 0.29) is 6.61 Å². The first-order chi connectivity index (χ1) is 7.04. The molecule has 0 fully saturated rings. The predicted molar refractivity (Wildman–Crippen MR) is 58.5 cm³/mol. The largest absolute Gasteiger partial charge is 0.496 e. The average Bonchev–Trinajstić information content (AvgIpc) is 2.14. The topological polar surface area (TPSA) is 35.5 Å². The molecule has 1 aromatic carbocycles. The lowest BCUT2D eigenvalue weighted by Crippen LogP contribution is -1.98.